The van der Waals surface area contributed by atoms with Gasteiger partial charge >= 0.3 is 6.03 Å². The van der Waals surface area contributed by atoms with Crippen LogP contribution in [-0.4, -0.2) is 34.4 Å². The van der Waals surface area contributed by atoms with Crippen LogP contribution in [0.2, 0.25) is 0 Å². The Bertz CT molecular complexity index is 1000. The maximum absolute atomic E-state index is 12.7. The van der Waals surface area contributed by atoms with Crippen molar-refractivity contribution in [3.63, 3.8) is 0 Å². The number of hydrogen-bond donors (Lipinski definition) is 2. The predicted molar refractivity (Wildman–Crippen MR) is 117 cm³/mol. The molecule has 1 atom stereocenters. The lowest BCUT2D eigenvalue weighted by atomic mass is 10.2. The molecule has 150 valence electrons. The van der Waals surface area contributed by atoms with Crippen LogP contribution in [0, 0.1) is 6.92 Å². The highest BCUT2D eigenvalue weighted by Gasteiger charge is 2.34. The summed E-state index contributed by atoms with van der Waals surface area (Å²) in [5.74, 6) is -0.132. The van der Waals surface area contributed by atoms with Gasteiger partial charge in [0.1, 0.15) is 11.0 Å². The van der Waals surface area contributed by atoms with E-state index < -0.39 is 6.04 Å². The number of carbonyl (C=O) groups excluding carboxylic acids is 2. The summed E-state index contributed by atoms with van der Waals surface area (Å²) >= 11 is 3.22. The molecule has 2 aromatic heterocycles. The van der Waals surface area contributed by atoms with Crippen molar-refractivity contribution in [1.29, 1.82) is 0 Å². The molecule has 1 aliphatic rings. The van der Waals surface area contributed by atoms with Crippen LogP contribution < -0.4 is 10.6 Å². The van der Waals surface area contributed by atoms with Gasteiger partial charge in [0.05, 0.1) is 17.1 Å². The molecule has 4 rings (SSSR count). The van der Waals surface area contributed by atoms with E-state index in [1.807, 2.05) is 54.1 Å². The fraction of sp³-hybridized carbons (Fsp3) is 0.286. The van der Waals surface area contributed by atoms with Crippen molar-refractivity contribution >= 4 is 40.3 Å². The molecular weight excluding hydrogens is 404 g/mol. The fourth-order valence-corrected chi connectivity index (χ4v) is 5.03. The Balaban J connectivity index is 1.34. The maximum atomic E-state index is 12.7. The van der Waals surface area contributed by atoms with Gasteiger partial charge in [0.15, 0.2) is 0 Å². The van der Waals surface area contributed by atoms with Gasteiger partial charge in [-0.2, -0.15) is 0 Å². The molecule has 6 nitrogen and oxygen atoms in total. The number of benzene rings is 1. The summed E-state index contributed by atoms with van der Waals surface area (Å²) in [6.45, 7) is 2.92. The van der Waals surface area contributed by atoms with Gasteiger partial charge in [0.25, 0.3) is 0 Å². The van der Waals surface area contributed by atoms with Crippen LogP contribution >= 0.6 is 22.7 Å². The SMILES string of the molecule is Cc1cccc(NC(=O)N2CCCC2C(=O)NCc2csc(-c3cccs3)n2)c1. The summed E-state index contributed by atoms with van der Waals surface area (Å²) in [5.41, 5.74) is 2.65. The monoisotopic (exact) mass is 426 g/mol. The van der Waals surface area contributed by atoms with Gasteiger partial charge in [0, 0.05) is 17.6 Å². The summed E-state index contributed by atoms with van der Waals surface area (Å²) in [5, 5.41) is 10.8. The van der Waals surface area contributed by atoms with E-state index in [1.54, 1.807) is 27.6 Å². The Morgan fingerprint density at radius 2 is 2.14 bits per heavy atom. The van der Waals surface area contributed by atoms with Gasteiger partial charge in [-0.1, -0.05) is 18.2 Å². The van der Waals surface area contributed by atoms with E-state index in [-0.39, 0.29) is 11.9 Å². The van der Waals surface area contributed by atoms with Gasteiger partial charge in [0.2, 0.25) is 5.91 Å². The molecule has 1 saturated heterocycles. The number of rotatable bonds is 5. The Kier molecular flexibility index (Phi) is 5.92. The number of urea groups is 1. The molecule has 3 heterocycles. The Morgan fingerprint density at radius 1 is 1.24 bits per heavy atom. The first-order chi connectivity index (χ1) is 14.1. The van der Waals surface area contributed by atoms with Gasteiger partial charge in [-0.15, -0.1) is 22.7 Å². The van der Waals surface area contributed by atoms with E-state index in [0.29, 0.717) is 19.5 Å². The van der Waals surface area contributed by atoms with E-state index in [4.69, 9.17) is 0 Å². The van der Waals surface area contributed by atoms with Crippen LogP contribution in [0.3, 0.4) is 0 Å². The number of carbonyl (C=O) groups is 2. The Labute approximate surface area is 177 Å². The molecule has 29 heavy (non-hydrogen) atoms. The lowest BCUT2D eigenvalue weighted by Gasteiger charge is -2.24. The minimum Gasteiger partial charge on any atom is -0.349 e. The van der Waals surface area contributed by atoms with Crippen LogP contribution in [0.15, 0.2) is 47.2 Å². The van der Waals surface area contributed by atoms with Gasteiger partial charge in [-0.3, -0.25) is 4.79 Å². The zero-order valence-corrected chi connectivity index (χ0v) is 17.7. The predicted octanol–water partition coefficient (Wildman–Crippen LogP) is 4.49. The lowest BCUT2D eigenvalue weighted by molar-refractivity contribution is -0.124. The highest BCUT2D eigenvalue weighted by molar-refractivity contribution is 7.20. The smallest absolute Gasteiger partial charge is 0.322 e. The molecule has 0 spiro atoms. The molecule has 0 radical (unpaired) electrons. The van der Waals surface area contributed by atoms with Crippen LogP contribution in [-0.2, 0) is 11.3 Å². The summed E-state index contributed by atoms with van der Waals surface area (Å²) in [7, 11) is 0. The zero-order valence-electron chi connectivity index (χ0n) is 16.1. The second-order valence-corrected chi connectivity index (χ2v) is 8.80. The molecule has 1 aromatic carbocycles. The third-order valence-electron chi connectivity index (χ3n) is 4.81. The molecule has 3 aromatic rings. The average molecular weight is 427 g/mol. The quantitative estimate of drug-likeness (QED) is 0.631. The largest absolute Gasteiger partial charge is 0.349 e. The Hall–Kier alpha value is -2.71. The molecule has 1 unspecified atom stereocenters. The maximum Gasteiger partial charge on any atom is 0.322 e. The molecule has 8 heteroatoms. The topological polar surface area (TPSA) is 74.3 Å². The van der Waals surface area contributed by atoms with Crippen molar-refractivity contribution < 1.29 is 9.59 Å². The van der Waals surface area contributed by atoms with Crippen LogP contribution in [0.5, 0.6) is 0 Å². The van der Waals surface area contributed by atoms with Crippen LogP contribution in [0.25, 0.3) is 9.88 Å². The molecule has 1 aliphatic heterocycles. The first-order valence-corrected chi connectivity index (χ1v) is 11.3. The Morgan fingerprint density at radius 3 is 2.93 bits per heavy atom. The van der Waals surface area contributed by atoms with Gasteiger partial charge in [-0.25, -0.2) is 9.78 Å². The van der Waals surface area contributed by atoms with Crippen molar-refractivity contribution in [2.24, 2.45) is 0 Å². The molecule has 2 N–H and O–H groups in total. The minimum atomic E-state index is -0.449. The summed E-state index contributed by atoms with van der Waals surface area (Å²) in [4.78, 5) is 32.7. The number of aromatic nitrogens is 1. The summed E-state index contributed by atoms with van der Waals surface area (Å²) < 4.78 is 0. The number of hydrogen-bond acceptors (Lipinski definition) is 5. The highest BCUT2D eigenvalue weighted by atomic mass is 32.1. The van der Waals surface area contributed by atoms with Crippen LogP contribution in [0.1, 0.15) is 24.1 Å². The number of anilines is 1. The second kappa shape index (κ2) is 8.75. The number of amides is 3. The third kappa shape index (κ3) is 4.65. The van der Waals surface area contributed by atoms with E-state index in [0.717, 1.165) is 33.3 Å². The normalized spacial score (nSPS) is 16.0. The van der Waals surface area contributed by atoms with E-state index in [9.17, 15) is 9.59 Å². The molecule has 0 bridgehead atoms. The van der Waals surface area contributed by atoms with Crippen LogP contribution in [0.4, 0.5) is 10.5 Å². The first kappa shape index (κ1) is 19.6. The molecular formula is C21H22N4O2S2. The number of nitrogens with one attached hydrogen (secondary N) is 2. The fourth-order valence-electron chi connectivity index (χ4n) is 3.40. The number of nitrogens with zero attached hydrogens (tertiary/aromatic N) is 2. The van der Waals surface area contributed by atoms with E-state index in [1.165, 1.54) is 0 Å². The van der Waals surface area contributed by atoms with Gasteiger partial charge < -0.3 is 15.5 Å². The molecule has 0 aliphatic carbocycles. The zero-order chi connectivity index (χ0) is 20.2. The minimum absolute atomic E-state index is 0.132. The van der Waals surface area contributed by atoms with Crippen molar-refractivity contribution in [1.82, 2.24) is 15.2 Å². The molecule has 0 saturated carbocycles. The highest BCUT2D eigenvalue weighted by Crippen LogP contribution is 2.27. The third-order valence-corrected chi connectivity index (χ3v) is 6.74. The summed E-state index contributed by atoms with van der Waals surface area (Å²) in [6, 6.07) is 11.0. The second-order valence-electron chi connectivity index (χ2n) is 6.99. The summed E-state index contributed by atoms with van der Waals surface area (Å²) in [6.07, 6.45) is 1.49. The van der Waals surface area contributed by atoms with Crippen molar-refractivity contribution in [2.75, 3.05) is 11.9 Å². The average Bonchev–Trinajstić information content (AvgIpc) is 3.47. The standard InChI is InChI=1S/C21H22N4O2S2/c1-14-5-2-6-15(11-14)24-21(27)25-9-3-7-17(25)19(26)22-12-16-13-29-20(23-16)18-8-4-10-28-18/h2,4-6,8,10-11,13,17H,3,7,9,12H2,1H3,(H,22,26)(H,24,27). The van der Waals surface area contributed by atoms with Crippen molar-refractivity contribution in [3.8, 4) is 9.88 Å². The lowest BCUT2D eigenvalue weighted by Crippen LogP contribution is -2.47. The number of thiophene rings is 1. The van der Waals surface area contributed by atoms with E-state index >= 15 is 0 Å². The van der Waals surface area contributed by atoms with Crippen molar-refractivity contribution in [3.05, 3.63) is 58.4 Å². The number of thiazole rings is 1. The van der Waals surface area contributed by atoms with E-state index in [2.05, 4.69) is 15.6 Å². The number of aryl methyl sites for hydroxylation is 1. The molecule has 1 fully saturated rings. The van der Waals surface area contributed by atoms with Gasteiger partial charge in [-0.05, 0) is 48.9 Å². The first-order valence-electron chi connectivity index (χ1n) is 9.50. The molecule has 3 amide bonds. The number of likely N-dealkylation sites (tertiary alicyclic amines) is 1. The van der Waals surface area contributed by atoms with Crippen molar-refractivity contribution in [2.45, 2.75) is 32.4 Å².